The minimum atomic E-state index is -0.0567. The Morgan fingerprint density at radius 3 is 2.55 bits per heavy atom. The summed E-state index contributed by atoms with van der Waals surface area (Å²) < 4.78 is 0. The maximum Gasteiger partial charge on any atom is 0.254 e. The normalized spacial score (nSPS) is 14.1. The monoisotopic (exact) mass is 406 g/mol. The number of rotatable bonds is 5. The van der Waals surface area contributed by atoms with Crippen LogP contribution in [0.25, 0.3) is 0 Å². The lowest BCUT2D eigenvalue weighted by molar-refractivity contribution is 0.0746. The lowest BCUT2D eigenvalue weighted by Crippen LogP contribution is -2.49. The van der Waals surface area contributed by atoms with E-state index >= 15 is 0 Å². The van der Waals surface area contributed by atoms with Gasteiger partial charge in [0, 0.05) is 37.5 Å². The molecule has 1 aliphatic rings. The van der Waals surface area contributed by atoms with E-state index in [-0.39, 0.29) is 11.7 Å². The molecule has 1 fully saturated rings. The molecule has 0 saturated carbocycles. The topological polar surface area (TPSA) is 69.6 Å². The lowest BCUT2D eigenvalue weighted by atomic mass is 10.1. The molecule has 148 valence electrons. The van der Waals surface area contributed by atoms with E-state index in [4.69, 9.17) is 4.98 Å². The largest absolute Gasteiger partial charge is 0.508 e. The fourth-order valence-corrected chi connectivity index (χ4v) is 4.05. The van der Waals surface area contributed by atoms with Crippen molar-refractivity contribution in [2.45, 2.75) is 10.8 Å². The molecule has 1 N–H and O–H groups in total. The Labute approximate surface area is 174 Å². The summed E-state index contributed by atoms with van der Waals surface area (Å²) >= 11 is 1.67. The van der Waals surface area contributed by atoms with Crippen molar-refractivity contribution in [3.8, 4) is 5.75 Å². The highest BCUT2D eigenvalue weighted by Gasteiger charge is 2.23. The number of hydrogen-bond donors (Lipinski definition) is 1. The van der Waals surface area contributed by atoms with Crippen molar-refractivity contribution in [3.63, 3.8) is 0 Å². The number of benzene rings is 2. The van der Waals surface area contributed by atoms with E-state index < -0.39 is 0 Å². The second-order valence-electron chi connectivity index (χ2n) is 6.82. The highest BCUT2D eigenvalue weighted by molar-refractivity contribution is 7.98. The number of hydrogen-bond acceptors (Lipinski definition) is 6. The number of anilines is 1. The summed E-state index contributed by atoms with van der Waals surface area (Å²) in [6.45, 7) is 2.62. The third-order valence-corrected chi connectivity index (χ3v) is 5.78. The van der Waals surface area contributed by atoms with Crippen LogP contribution in [0, 0.1) is 0 Å². The van der Waals surface area contributed by atoms with Crippen LogP contribution in [0.2, 0.25) is 0 Å². The second-order valence-corrected chi connectivity index (χ2v) is 7.81. The molecule has 1 aromatic heterocycles. The van der Waals surface area contributed by atoms with Gasteiger partial charge in [-0.05, 0) is 23.8 Å². The van der Waals surface area contributed by atoms with Crippen molar-refractivity contribution in [2.75, 3.05) is 31.1 Å². The van der Waals surface area contributed by atoms with Crippen molar-refractivity contribution < 1.29 is 9.90 Å². The van der Waals surface area contributed by atoms with Gasteiger partial charge in [-0.25, -0.2) is 4.98 Å². The molecule has 1 amide bonds. The molecule has 7 heteroatoms. The smallest absolute Gasteiger partial charge is 0.254 e. The highest BCUT2D eigenvalue weighted by Crippen LogP contribution is 2.23. The van der Waals surface area contributed by atoms with Gasteiger partial charge >= 0.3 is 0 Å². The average Bonchev–Trinajstić information content (AvgIpc) is 2.78. The van der Waals surface area contributed by atoms with Crippen molar-refractivity contribution in [1.29, 1.82) is 0 Å². The van der Waals surface area contributed by atoms with Gasteiger partial charge in [-0.2, -0.15) is 0 Å². The van der Waals surface area contributed by atoms with Gasteiger partial charge in [0.05, 0.1) is 12.4 Å². The summed E-state index contributed by atoms with van der Waals surface area (Å²) in [5, 5.41) is 10.5. The molecule has 3 aromatic rings. The summed E-state index contributed by atoms with van der Waals surface area (Å²) in [5.74, 6) is 1.74. The Morgan fingerprint density at radius 2 is 1.79 bits per heavy atom. The zero-order chi connectivity index (χ0) is 20.1. The number of phenolic OH excluding ortho intramolecular Hbond substituents is 1. The summed E-state index contributed by atoms with van der Waals surface area (Å²) in [4.78, 5) is 25.7. The number of piperazine rings is 1. The van der Waals surface area contributed by atoms with Gasteiger partial charge in [-0.15, -0.1) is 11.8 Å². The molecule has 4 rings (SSSR count). The summed E-state index contributed by atoms with van der Waals surface area (Å²) in [5.41, 5.74) is 1.77. The van der Waals surface area contributed by atoms with Gasteiger partial charge in [-0.3, -0.25) is 9.78 Å². The third kappa shape index (κ3) is 4.86. The van der Waals surface area contributed by atoms with Crippen LogP contribution in [-0.4, -0.2) is 52.1 Å². The summed E-state index contributed by atoms with van der Waals surface area (Å²) in [6, 6.07) is 16.8. The Kier molecular flexibility index (Phi) is 5.95. The molecule has 0 unspecified atom stereocenters. The van der Waals surface area contributed by atoms with Crippen molar-refractivity contribution >= 4 is 23.5 Å². The average molecular weight is 407 g/mol. The standard InChI is InChI=1S/C22H22N4O2S/c27-19-8-4-7-18(13-19)22(28)26-11-9-25(10-12-26)20-14-23-15-21(24-20)29-16-17-5-2-1-3-6-17/h1-8,13-15,27H,9-12,16H2. The molecule has 29 heavy (non-hydrogen) atoms. The third-order valence-electron chi connectivity index (χ3n) is 4.81. The van der Waals surface area contributed by atoms with Gasteiger partial charge in [0.25, 0.3) is 5.91 Å². The highest BCUT2D eigenvalue weighted by atomic mass is 32.2. The first-order chi connectivity index (χ1) is 14.2. The molecular weight excluding hydrogens is 384 g/mol. The predicted molar refractivity (Wildman–Crippen MR) is 114 cm³/mol. The Bertz CT molecular complexity index is 975. The zero-order valence-corrected chi connectivity index (χ0v) is 16.8. The lowest BCUT2D eigenvalue weighted by Gasteiger charge is -2.35. The number of aromatic hydroxyl groups is 1. The number of thioether (sulfide) groups is 1. The maximum absolute atomic E-state index is 12.6. The molecule has 0 spiro atoms. The number of carbonyl (C=O) groups is 1. The second kappa shape index (κ2) is 8.96. The first-order valence-corrected chi connectivity index (χ1v) is 10.5. The molecule has 1 aliphatic heterocycles. The van der Waals surface area contributed by atoms with E-state index in [0.29, 0.717) is 31.7 Å². The van der Waals surface area contributed by atoms with E-state index in [1.54, 1.807) is 42.4 Å². The van der Waals surface area contributed by atoms with Crippen molar-refractivity contribution in [3.05, 3.63) is 78.1 Å². The zero-order valence-electron chi connectivity index (χ0n) is 15.9. The Hall–Kier alpha value is -3.06. The maximum atomic E-state index is 12.6. The van der Waals surface area contributed by atoms with Crippen LogP contribution < -0.4 is 4.90 Å². The first kappa shape index (κ1) is 19.3. The fraction of sp³-hybridized carbons (Fsp3) is 0.227. The number of phenols is 1. The molecule has 2 heterocycles. The fourth-order valence-electron chi connectivity index (χ4n) is 3.25. The van der Waals surface area contributed by atoms with Gasteiger partial charge in [0.15, 0.2) is 0 Å². The van der Waals surface area contributed by atoms with E-state index in [9.17, 15) is 9.90 Å². The quantitative estimate of drug-likeness (QED) is 0.655. The molecular formula is C22H22N4O2S. The molecule has 1 saturated heterocycles. The Balaban J connectivity index is 1.35. The van der Waals surface area contributed by atoms with Crippen LogP contribution in [0.3, 0.4) is 0 Å². The SMILES string of the molecule is O=C(c1cccc(O)c1)N1CCN(c2cncc(SCc3ccccc3)n2)CC1. The van der Waals surface area contributed by atoms with E-state index in [0.717, 1.165) is 16.6 Å². The van der Waals surface area contributed by atoms with Crippen LogP contribution in [0.1, 0.15) is 15.9 Å². The van der Waals surface area contributed by atoms with Gasteiger partial charge < -0.3 is 14.9 Å². The summed E-state index contributed by atoms with van der Waals surface area (Å²) in [7, 11) is 0. The molecule has 0 bridgehead atoms. The molecule has 0 radical (unpaired) electrons. The van der Waals surface area contributed by atoms with Crippen molar-refractivity contribution in [2.24, 2.45) is 0 Å². The minimum Gasteiger partial charge on any atom is -0.508 e. The van der Waals surface area contributed by atoms with Gasteiger partial charge in [0.1, 0.15) is 16.6 Å². The van der Waals surface area contributed by atoms with E-state index in [1.807, 2.05) is 23.1 Å². The molecule has 2 aromatic carbocycles. The summed E-state index contributed by atoms with van der Waals surface area (Å²) in [6.07, 6.45) is 3.57. The van der Waals surface area contributed by atoms with Crippen LogP contribution >= 0.6 is 11.8 Å². The van der Waals surface area contributed by atoms with E-state index in [1.165, 1.54) is 11.6 Å². The van der Waals surface area contributed by atoms with Crippen LogP contribution in [0.15, 0.2) is 72.0 Å². The molecule has 6 nitrogen and oxygen atoms in total. The van der Waals surface area contributed by atoms with Crippen LogP contribution in [0.4, 0.5) is 5.82 Å². The molecule has 0 atom stereocenters. The van der Waals surface area contributed by atoms with Crippen molar-refractivity contribution in [1.82, 2.24) is 14.9 Å². The van der Waals surface area contributed by atoms with E-state index in [2.05, 4.69) is 22.0 Å². The Morgan fingerprint density at radius 1 is 1.00 bits per heavy atom. The number of amides is 1. The minimum absolute atomic E-state index is 0.0567. The number of nitrogens with zero attached hydrogens (tertiary/aromatic N) is 4. The van der Waals surface area contributed by atoms with Gasteiger partial charge in [0.2, 0.25) is 0 Å². The first-order valence-electron chi connectivity index (χ1n) is 9.51. The van der Waals surface area contributed by atoms with Crippen LogP contribution in [0.5, 0.6) is 5.75 Å². The molecule has 0 aliphatic carbocycles. The predicted octanol–water partition coefficient (Wildman–Crippen LogP) is 3.44. The number of carbonyl (C=O) groups excluding carboxylic acids is 1. The van der Waals surface area contributed by atoms with Crippen LogP contribution in [-0.2, 0) is 5.75 Å². The van der Waals surface area contributed by atoms with Gasteiger partial charge in [-0.1, -0.05) is 36.4 Å². The number of aromatic nitrogens is 2.